The zero-order valence-electron chi connectivity index (χ0n) is 15.9. The van der Waals surface area contributed by atoms with Gasteiger partial charge in [-0.3, -0.25) is 4.79 Å². The Kier molecular flexibility index (Phi) is 5.62. The number of carbonyl (C=O) groups excluding carboxylic acids is 1. The SMILES string of the molecule is Cc1nc(-c2ccccc2)sc1C(=O)NCCNc1ccc(-n2cccc2)nn1. The molecule has 0 bridgehead atoms. The molecule has 0 unspecified atom stereocenters. The summed E-state index contributed by atoms with van der Waals surface area (Å²) in [5.41, 5.74) is 1.76. The number of thiazole rings is 1. The third-order valence-electron chi connectivity index (χ3n) is 4.26. The first-order chi connectivity index (χ1) is 14.2. The molecule has 0 spiro atoms. The average Bonchev–Trinajstić information content (AvgIpc) is 3.42. The monoisotopic (exact) mass is 404 g/mol. The molecule has 146 valence electrons. The first-order valence-corrected chi connectivity index (χ1v) is 10.0. The summed E-state index contributed by atoms with van der Waals surface area (Å²) in [6, 6.07) is 17.5. The molecule has 7 nitrogen and oxygen atoms in total. The molecule has 0 aliphatic carbocycles. The molecule has 1 aromatic carbocycles. The molecule has 0 saturated heterocycles. The Morgan fingerprint density at radius 1 is 1.00 bits per heavy atom. The maximum atomic E-state index is 12.5. The van der Waals surface area contributed by atoms with Gasteiger partial charge < -0.3 is 15.2 Å². The molecular formula is C21H20N6OS. The summed E-state index contributed by atoms with van der Waals surface area (Å²) < 4.78 is 1.89. The molecule has 0 atom stereocenters. The normalized spacial score (nSPS) is 10.7. The highest BCUT2D eigenvalue weighted by molar-refractivity contribution is 7.17. The van der Waals surface area contributed by atoms with Gasteiger partial charge in [0.25, 0.3) is 5.91 Å². The fourth-order valence-electron chi connectivity index (χ4n) is 2.80. The number of hydrogen-bond acceptors (Lipinski definition) is 6. The molecule has 3 heterocycles. The van der Waals surface area contributed by atoms with Crippen molar-refractivity contribution in [2.45, 2.75) is 6.92 Å². The summed E-state index contributed by atoms with van der Waals surface area (Å²) in [4.78, 5) is 17.7. The van der Waals surface area contributed by atoms with Crippen LogP contribution in [0.5, 0.6) is 0 Å². The first kappa shape index (κ1) is 18.8. The topological polar surface area (TPSA) is 84.7 Å². The quantitative estimate of drug-likeness (QED) is 0.460. The van der Waals surface area contributed by atoms with E-state index in [1.807, 2.05) is 78.5 Å². The van der Waals surface area contributed by atoms with Crippen LogP contribution in [0.3, 0.4) is 0 Å². The third kappa shape index (κ3) is 4.49. The van der Waals surface area contributed by atoms with Gasteiger partial charge in [-0.25, -0.2) is 4.98 Å². The number of benzene rings is 1. The molecule has 0 saturated carbocycles. The Morgan fingerprint density at radius 3 is 2.52 bits per heavy atom. The third-order valence-corrected chi connectivity index (χ3v) is 5.46. The summed E-state index contributed by atoms with van der Waals surface area (Å²) in [7, 11) is 0. The van der Waals surface area contributed by atoms with Crippen LogP contribution in [0.15, 0.2) is 67.0 Å². The van der Waals surface area contributed by atoms with Crippen molar-refractivity contribution in [2.75, 3.05) is 18.4 Å². The predicted molar refractivity (Wildman–Crippen MR) is 114 cm³/mol. The van der Waals surface area contributed by atoms with Crippen LogP contribution in [0, 0.1) is 6.92 Å². The fourth-order valence-corrected chi connectivity index (χ4v) is 3.79. The lowest BCUT2D eigenvalue weighted by Gasteiger charge is -2.07. The van der Waals surface area contributed by atoms with Crippen molar-refractivity contribution in [2.24, 2.45) is 0 Å². The molecule has 0 aliphatic rings. The summed E-state index contributed by atoms with van der Waals surface area (Å²) in [5, 5.41) is 15.3. The van der Waals surface area contributed by atoms with E-state index < -0.39 is 0 Å². The highest BCUT2D eigenvalue weighted by Crippen LogP contribution is 2.27. The second kappa shape index (κ2) is 8.66. The minimum Gasteiger partial charge on any atom is -0.367 e. The highest BCUT2D eigenvalue weighted by Gasteiger charge is 2.15. The Labute approximate surface area is 172 Å². The molecular weight excluding hydrogens is 384 g/mol. The summed E-state index contributed by atoms with van der Waals surface area (Å²) in [6.45, 7) is 2.88. The van der Waals surface area contributed by atoms with E-state index in [1.54, 1.807) is 0 Å². The van der Waals surface area contributed by atoms with Crippen molar-refractivity contribution in [3.8, 4) is 16.4 Å². The van der Waals surface area contributed by atoms with E-state index in [0.29, 0.717) is 23.8 Å². The van der Waals surface area contributed by atoms with Gasteiger partial charge in [0.05, 0.1) is 5.69 Å². The molecule has 29 heavy (non-hydrogen) atoms. The lowest BCUT2D eigenvalue weighted by atomic mass is 10.2. The number of nitrogens with zero attached hydrogens (tertiary/aromatic N) is 4. The van der Waals surface area contributed by atoms with Crippen LogP contribution in [0.25, 0.3) is 16.4 Å². The predicted octanol–water partition coefficient (Wildman–Crippen LogP) is 3.54. The van der Waals surface area contributed by atoms with Gasteiger partial charge in [0.1, 0.15) is 15.7 Å². The molecule has 1 amide bonds. The van der Waals surface area contributed by atoms with Crippen LogP contribution in [-0.2, 0) is 0 Å². The van der Waals surface area contributed by atoms with Gasteiger partial charge >= 0.3 is 0 Å². The Balaban J connectivity index is 1.29. The molecule has 3 aromatic heterocycles. The molecule has 0 radical (unpaired) electrons. The summed E-state index contributed by atoms with van der Waals surface area (Å²) >= 11 is 1.41. The Hall–Kier alpha value is -3.52. The van der Waals surface area contributed by atoms with Gasteiger partial charge in [0.2, 0.25) is 0 Å². The van der Waals surface area contributed by atoms with E-state index in [9.17, 15) is 4.79 Å². The number of anilines is 1. The molecule has 8 heteroatoms. The minimum absolute atomic E-state index is 0.113. The van der Waals surface area contributed by atoms with Crippen LogP contribution in [0.2, 0.25) is 0 Å². The van der Waals surface area contributed by atoms with Crippen LogP contribution in [-0.4, -0.2) is 38.7 Å². The number of hydrogen-bond donors (Lipinski definition) is 2. The van der Waals surface area contributed by atoms with Crippen LogP contribution < -0.4 is 10.6 Å². The van der Waals surface area contributed by atoms with Gasteiger partial charge in [0.15, 0.2) is 5.82 Å². The lowest BCUT2D eigenvalue weighted by Crippen LogP contribution is -2.28. The van der Waals surface area contributed by atoms with E-state index >= 15 is 0 Å². The second-order valence-electron chi connectivity index (χ2n) is 6.35. The number of carbonyl (C=O) groups is 1. The number of amides is 1. The van der Waals surface area contributed by atoms with Crippen molar-refractivity contribution < 1.29 is 4.79 Å². The lowest BCUT2D eigenvalue weighted by molar-refractivity contribution is 0.0958. The van der Waals surface area contributed by atoms with Crippen molar-refractivity contribution in [3.05, 3.63) is 77.6 Å². The fraction of sp³-hybridized carbons (Fsp3) is 0.143. The number of aromatic nitrogens is 4. The van der Waals surface area contributed by atoms with Crippen molar-refractivity contribution in [1.82, 2.24) is 25.1 Å². The summed E-state index contributed by atoms with van der Waals surface area (Å²) in [6.07, 6.45) is 3.83. The van der Waals surface area contributed by atoms with Crippen molar-refractivity contribution in [1.29, 1.82) is 0 Å². The van der Waals surface area contributed by atoms with E-state index in [2.05, 4.69) is 25.8 Å². The molecule has 0 aliphatic heterocycles. The highest BCUT2D eigenvalue weighted by atomic mass is 32.1. The van der Waals surface area contributed by atoms with Gasteiger partial charge in [0, 0.05) is 31.0 Å². The number of rotatable bonds is 7. The van der Waals surface area contributed by atoms with Gasteiger partial charge in [-0.15, -0.1) is 21.5 Å². The van der Waals surface area contributed by atoms with Gasteiger partial charge in [-0.2, -0.15) is 0 Å². The van der Waals surface area contributed by atoms with E-state index in [4.69, 9.17) is 0 Å². The Morgan fingerprint density at radius 2 is 1.79 bits per heavy atom. The molecule has 2 N–H and O–H groups in total. The van der Waals surface area contributed by atoms with E-state index in [0.717, 1.165) is 22.1 Å². The largest absolute Gasteiger partial charge is 0.367 e. The average molecular weight is 404 g/mol. The van der Waals surface area contributed by atoms with E-state index in [1.165, 1.54) is 11.3 Å². The first-order valence-electron chi connectivity index (χ1n) is 9.23. The van der Waals surface area contributed by atoms with Gasteiger partial charge in [-0.1, -0.05) is 30.3 Å². The molecule has 4 aromatic rings. The van der Waals surface area contributed by atoms with Crippen LogP contribution in [0.4, 0.5) is 5.82 Å². The second-order valence-corrected chi connectivity index (χ2v) is 7.35. The van der Waals surface area contributed by atoms with Crippen molar-refractivity contribution >= 4 is 23.1 Å². The number of aryl methyl sites for hydroxylation is 1. The summed E-state index contributed by atoms with van der Waals surface area (Å²) in [5.74, 6) is 1.30. The van der Waals surface area contributed by atoms with Gasteiger partial charge in [-0.05, 0) is 31.2 Å². The maximum Gasteiger partial charge on any atom is 0.263 e. The van der Waals surface area contributed by atoms with Crippen LogP contribution >= 0.6 is 11.3 Å². The Bertz CT molecular complexity index is 1070. The smallest absolute Gasteiger partial charge is 0.263 e. The minimum atomic E-state index is -0.113. The number of nitrogens with one attached hydrogen (secondary N) is 2. The zero-order chi connectivity index (χ0) is 20.1. The standard InChI is InChI=1S/C21H20N6OS/c1-15-19(29-21(24-15)16-7-3-2-4-8-16)20(28)23-12-11-22-17-9-10-18(26-25-17)27-13-5-6-14-27/h2-10,13-14H,11-12H2,1H3,(H,22,25)(H,23,28). The molecule has 4 rings (SSSR count). The maximum absolute atomic E-state index is 12.5. The van der Waals surface area contributed by atoms with Crippen molar-refractivity contribution in [3.63, 3.8) is 0 Å². The van der Waals surface area contributed by atoms with Crippen LogP contribution in [0.1, 0.15) is 15.4 Å². The molecule has 0 fully saturated rings. The van der Waals surface area contributed by atoms with E-state index in [-0.39, 0.29) is 5.91 Å². The zero-order valence-corrected chi connectivity index (χ0v) is 16.7.